The minimum atomic E-state index is -3.29. The van der Waals surface area contributed by atoms with Gasteiger partial charge < -0.3 is 9.80 Å². The Morgan fingerprint density at radius 2 is 1.16 bits per heavy atom. The van der Waals surface area contributed by atoms with Gasteiger partial charge in [0.15, 0.2) is 0 Å². The molecule has 2 N–H and O–H groups in total. The van der Waals surface area contributed by atoms with Crippen LogP contribution in [0.5, 0.6) is 0 Å². The molecule has 2 aliphatic carbocycles. The van der Waals surface area contributed by atoms with Crippen molar-refractivity contribution >= 4 is 60.0 Å². The Morgan fingerprint density at radius 1 is 0.709 bits per heavy atom. The molecule has 2 aromatic carbocycles. The van der Waals surface area contributed by atoms with Gasteiger partial charge in [0.1, 0.15) is 0 Å². The van der Waals surface area contributed by atoms with Gasteiger partial charge in [0.2, 0.25) is 26.0 Å². The van der Waals surface area contributed by atoms with Crippen LogP contribution in [0.15, 0.2) is 71.4 Å². The van der Waals surface area contributed by atoms with Crippen molar-refractivity contribution in [1.29, 1.82) is 0 Å². The molecule has 1 amide bonds. The molecule has 55 heavy (non-hydrogen) atoms. The number of carbonyl (C=O) groups excluding carboxylic acids is 1. The molecule has 13 heteroatoms. The first-order valence-electron chi connectivity index (χ1n) is 19.2. The van der Waals surface area contributed by atoms with E-state index in [1.54, 1.807) is 17.4 Å². The number of rotatable bonds is 13. The van der Waals surface area contributed by atoms with Crippen molar-refractivity contribution in [2.24, 2.45) is 23.7 Å². The predicted molar refractivity (Wildman–Crippen MR) is 226 cm³/mol. The highest BCUT2D eigenvalue weighted by Gasteiger charge is 2.66. The van der Waals surface area contributed by atoms with Gasteiger partial charge in [-0.3, -0.25) is 14.2 Å². The summed E-state index contributed by atoms with van der Waals surface area (Å²) in [5.41, 5.74) is 6.61. The third-order valence-electron chi connectivity index (χ3n) is 12.9. The minimum absolute atomic E-state index is 0.0241. The highest BCUT2D eigenvalue weighted by molar-refractivity contribution is 7.92. The Hall–Kier alpha value is -3.23. The van der Waals surface area contributed by atoms with Crippen LogP contribution < -0.4 is 9.44 Å². The van der Waals surface area contributed by atoms with Crippen LogP contribution in [0.4, 0.5) is 11.4 Å². The lowest BCUT2D eigenvalue weighted by atomic mass is 9.92. The summed E-state index contributed by atoms with van der Waals surface area (Å²) in [7, 11) is -6.52. The van der Waals surface area contributed by atoms with E-state index in [1.807, 2.05) is 46.6 Å². The van der Waals surface area contributed by atoms with E-state index in [9.17, 15) is 21.6 Å². The molecule has 4 unspecified atom stereocenters. The van der Waals surface area contributed by atoms with Gasteiger partial charge in [-0.15, -0.1) is 22.7 Å². The van der Waals surface area contributed by atoms with Gasteiger partial charge in [0, 0.05) is 64.6 Å². The maximum Gasteiger partial charge on any atom is 0.229 e. The number of piperidine rings is 2. The average molecular weight is 823 g/mol. The monoisotopic (exact) mass is 822 g/mol. The molecule has 0 spiro atoms. The molecule has 4 atom stereocenters. The number of amides is 1. The topological polar surface area (TPSA) is 116 Å². The molecule has 9 nitrogen and oxygen atoms in total. The number of nitrogens with zero attached hydrogens (tertiary/aromatic N) is 2. The number of nitrogens with one attached hydrogen (secondary N) is 2. The summed E-state index contributed by atoms with van der Waals surface area (Å²) in [5.74, 6) is 2.53. The Kier molecular flexibility index (Phi) is 11.1. The number of benzene rings is 2. The smallest absolute Gasteiger partial charge is 0.229 e. The molecule has 8 rings (SSSR count). The van der Waals surface area contributed by atoms with Gasteiger partial charge in [-0.2, -0.15) is 0 Å². The molecule has 4 fully saturated rings. The normalized spacial score (nSPS) is 26.8. The summed E-state index contributed by atoms with van der Waals surface area (Å²) >= 11 is 3.60. The van der Waals surface area contributed by atoms with Crippen LogP contribution >= 0.6 is 22.7 Å². The molecule has 4 heterocycles. The van der Waals surface area contributed by atoms with Crippen molar-refractivity contribution in [2.75, 3.05) is 54.7 Å². The fourth-order valence-electron chi connectivity index (χ4n) is 9.51. The van der Waals surface area contributed by atoms with Crippen molar-refractivity contribution in [3.8, 4) is 0 Å². The van der Waals surface area contributed by atoms with E-state index in [1.165, 1.54) is 52.1 Å². The lowest BCUT2D eigenvalue weighted by molar-refractivity contribution is -0.130. The zero-order valence-electron chi connectivity index (χ0n) is 32.7. The van der Waals surface area contributed by atoms with Crippen LogP contribution in [0.3, 0.4) is 0 Å². The number of hydrogen-bond acceptors (Lipinski definition) is 8. The predicted octanol–water partition coefficient (Wildman–Crippen LogP) is 7.29. The van der Waals surface area contributed by atoms with Crippen LogP contribution in [0, 0.1) is 37.5 Å². The summed E-state index contributed by atoms with van der Waals surface area (Å²) in [5, 5.41) is 4.27. The molecular formula is C42H54N4O5S4. The van der Waals surface area contributed by atoms with E-state index in [-0.39, 0.29) is 16.7 Å². The molecule has 0 bridgehead atoms. The molecule has 2 saturated carbocycles. The number of thiophene rings is 2. The lowest BCUT2D eigenvalue weighted by Gasteiger charge is -2.25. The highest BCUT2D eigenvalue weighted by Crippen LogP contribution is 2.64. The second-order valence-electron chi connectivity index (χ2n) is 16.6. The first-order valence-corrected chi connectivity index (χ1v) is 24.7. The van der Waals surface area contributed by atoms with E-state index in [0.29, 0.717) is 41.5 Å². The Morgan fingerprint density at radius 3 is 1.60 bits per heavy atom. The van der Waals surface area contributed by atoms with E-state index in [4.69, 9.17) is 0 Å². The molecule has 0 radical (unpaired) electrons. The summed E-state index contributed by atoms with van der Waals surface area (Å²) in [6.45, 7) is 14.0. The second-order valence-corrected chi connectivity index (χ2v) is 22.1. The Bertz CT molecular complexity index is 2240. The van der Waals surface area contributed by atoms with Gasteiger partial charge in [0.05, 0.1) is 12.5 Å². The number of carbonyl (C=O) groups is 1. The first-order chi connectivity index (χ1) is 26.0. The average Bonchev–Trinajstić information content (AvgIpc) is 3.59. The zero-order chi connectivity index (χ0) is 39.3. The third-order valence-corrected chi connectivity index (χ3v) is 16.3. The van der Waals surface area contributed by atoms with Gasteiger partial charge in [-0.25, -0.2) is 16.8 Å². The van der Waals surface area contributed by atoms with E-state index < -0.39 is 20.0 Å². The summed E-state index contributed by atoms with van der Waals surface area (Å²) in [6, 6.07) is 19.9. The molecule has 4 aliphatic rings. The Balaban J connectivity index is 0.000000169. The molecule has 2 aromatic heterocycles. The van der Waals surface area contributed by atoms with E-state index >= 15 is 0 Å². The molecule has 2 aliphatic heterocycles. The second kappa shape index (κ2) is 15.3. The number of hydrogen-bond donors (Lipinski definition) is 2. The quantitative estimate of drug-likeness (QED) is 0.147. The largest absolute Gasteiger partial charge is 0.342 e. The summed E-state index contributed by atoms with van der Waals surface area (Å²) < 4.78 is 51.2. The third kappa shape index (κ3) is 8.71. The van der Waals surface area contributed by atoms with Crippen molar-refractivity contribution in [2.45, 2.75) is 64.2 Å². The van der Waals surface area contributed by atoms with Crippen LogP contribution in [-0.4, -0.2) is 77.8 Å². The van der Waals surface area contributed by atoms with Crippen LogP contribution in [0.2, 0.25) is 0 Å². The molecule has 4 aromatic rings. The van der Waals surface area contributed by atoms with Gasteiger partial charge in [-0.05, 0) is 133 Å². The minimum Gasteiger partial charge on any atom is -0.342 e. The van der Waals surface area contributed by atoms with E-state index in [2.05, 4.69) is 77.1 Å². The van der Waals surface area contributed by atoms with Gasteiger partial charge >= 0.3 is 0 Å². The first kappa shape index (κ1) is 40.0. The number of anilines is 2. The standard InChI is InChI=1S/C21H26N2O3S2.C21H28N2O2S2/c1-14-9-10-27-19(14)7-8-20(24)23-12-17-18(13-23)21(17,2)15-5-4-6-16(11-15)22-28(3,25)26;1-15-9-11-26-20(15)8-5-10-23-13-18-19(14-23)21(18,2)16-6-4-7-17(12-16)22-27(3,24)25/h4-6,9-11,17-18,22H,7-8,12-13H2,1-3H3;4,6-7,9,11-12,18-19,22H,5,8,10,13-14H2,1-3H3. The fraction of sp³-hybridized carbons (Fsp3) is 0.500. The zero-order valence-corrected chi connectivity index (χ0v) is 35.9. The highest BCUT2D eigenvalue weighted by atomic mass is 32.2. The number of aryl methyl sites for hydroxylation is 4. The molecular weight excluding hydrogens is 769 g/mol. The summed E-state index contributed by atoms with van der Waals surface area (Å²) in [4.78, 5) is 20.1. The van der Waals surface area contributed by atoms with Crippen molar-refractivity contribution in [3.63, 3.8) is 0 Å². The van der Waals surface area contributed by atoms with Crippen molar-refractivity contribution in [3.05, 3.63) is 103 Å². The fourth-order valence-corrected chi connectivity index (χ4v) is 12.5. The van der Waals surface area contributed by atoms with E-state index in [0.717, 1.165) is 44.4 Å². The van der Waals surface area contributed by atoms with Crippen molar-refractivity contribution in [1.82, 2.24) is 9.80 Å². The van der Waals surface area contributed by atoms with Crippen LogP contribution in [0.25, 0.3) is 0 Å². The maximum atomic E-state index is 12.6. The maximum absolute atomic E-state index is 12.6. The van der Waals surface area contributed by atoms with Crippen LogP contribution in [-0.2, 0) is 48.5 Å². The van der Waals surface area contributed by atoms with Crippen molar-refractivity contribution < 1.29 is 21.6 Å². The molecule has 296 valence electrons. The Labute approximate surface area is 335 Å². The van der Waals surface area contributed by atoms with Crippen LogP contribution in [0.1, 0.15) is 58.7 Å². The number of fused-ring (bicyclic) bond motifs is 2. The number of sulfonamides is 2. The lowest BCUT2D eigenvalue weighted by Crippen LogP contribution is -2.34. The SMILES string of the molecule is Cc1ccsc1CCC(=O)N1CC2C(C1)C2(C)c1cccc(NS(C)(=O)=O)c1.Cc1ccsc1CCCN1CC2C(C1)C2(C)c1cccc(NS(C)(=O)=O)c1. The number of likely N-dealkylation sites (tertiary alicyclic amines) is 2. The summed E-state index contributed by atoms with van der Waals surface area (Å²) in [6.07, 6.45) is 6.17. The van der Waals surface area contributed by atoms with Gasteiger partial charge in [-0.1, -0.05) is 38.1 Å². The molecule has 2 saturated heterocycles. The van der Waals surface area contributed by atoms with Gasteiger partial charge in [0.25, 0.3) is 0 Å².